The third-order valence-corrected chi connectivity index (χ3v) is 3.82. The largest absolute Gasteiger partial charge is 0.316 e. The number of rotatable bonds is 4. The second-order valence-corrected chi connectivity index (χ2v) is 6.08. The van der Waals surface area contributed by atoms with Gasteiger partial charge >= 0.3 is 0 Å². The van der Waals surface area contributed by atoms with E-state index < -0.39 is 0 Å². The predicted molar refractivity (Wildman–Crippen MR) is 73.6 cm³/mol. The fourth-order valence-corrected chi connectivity index (χ4v) is 2.53. The molecule has 17 heavy (non-hydrogen) atoms. The molecule has 3 nitrogen and oxygen atoms in total. The molecule has 0 amide bonds. The first-order valence-corrected chi connectivity index (χ1v) is 6.50. The molecule has 0 bridgehead atoms. The third-order valence-electron chi connectivity index (χ3n) is 3.35. The Morgan fingerprint density at radius 2 is 2.00 bits per heavy atom. The van der Waals surface area contributed by atoms with Crippen molar-refractivity contribution in [2.24, 2.45) is 12.5 Å². The minimum Gasteiger partial charge on any atom is -0.316 e. The van der Waals surface area contributed by atoms with Gasteiger partial charge in [-0.2, -0.15) is 5.10 Å². The van der Waals surface area contributed by atoms with Crippen molar-refractivity contribution in [2.45, 2.75) is 46.6 Å². The van der Waals surface area contributed by atoms with Gasteiger partial charge in [-0.25, -0.2) is 0 Å². The molecule has 1 atom stereocenters. The van der Waals surface area contributed by atoms with Crippen LogP contribution in [0.3, 0.4) is 0 Å². The SMILES string of the molecule is CNC(CCc1c(C)nn(C)c1Cl)C(C)(C)C. The first-order valence-electron chi connectivity index (χ1n) is 6.12. The fraction of sp³-hybridized carbons (Fsp3) is 0.769. The Morgan fingerprint density at radius 3 is 2.35 bits per heavy atom. The van der Waals surface area contributed by atoms with E-state index in [1.807, 2.05) is 21.0 Å². The zero-order valence-corrected chi connectivity index (χ0v) is 12.5. The van der Waals surface area contributed by atoms with Crippen molar-refractivity contribution in [1.29, 1.82) is 0 Å². The van der Waals surface area contributed by atoms with Crippen molar-refractivity contribution in [1.82, 2.24) is 15.1 Å². The summed E-state index contributed by atoms with van der Waals surface area (Å²) in [5.41, 5.74) is 2.48. The van der Waals surface area contributed by atoms with Gasteiger partial charge in [0.1, 0.15) is 5.15 Å². The molecule has 0 saturated heterocycles. The van der Waals surface area contributed by atoms with E-state index in [1.165, 1.54) is 5.56 Å². The molecule has 0 aliphatic rings. The smallest absolute Gasteiger partial charge is 0.130 e. The summed E-state index contributed by atoms with van der Waals surface area (Å²) in [5, 5.41) is 8.50. The average Bonchev–Trinajstić information content (AvgIpc) is 2.43. The maximum Gasteiger partial charge on any atom is 0.130 e. The highest BCUT2D eigenvalue weighted by Gasteiger charge is 2.23. The number of nitrogens with one attached hydrogen (secondary N) is 1. The predicted octanol–water partition coefficient (Wildman–Crippen LogP) is 2.95. The van der Waals surface area contributed by atoms with Gasteiger partial charge < -0.3 is 5.32 Å². The molecular formula is C13H24ClN3. The van der Waals surface area contributed by atoms with E-state index in [9.17, 15) is 0 Å². The van der Waals surface area contributed by atoms with Crippen LogP contribution in [0.25, 0.3) is 0 Å². The van der Waals surface area contributed by atoms with Gasteiger partial charge in [0.2, 0.25) is 0 Å². The molecule has 0 aliphatic heterocycles. The number of hydrogen-bond donors (Lipinski definition) is 1. The lowest BCUT2D eigenvalue weighted by atomic mass is 9.83. The Morgan fingerprint density at radius 1 is 1.41 bits per heavy atom. The summed E-state index contributed by atoms with van der Waals surface area (Å²) >= 11 is 6.24. The van der Waals surface area contributed by atoms with E-state index in [0.29, 0.717) is 6.04 Å². The van der Waals surface area contributed by atoms with Crippen LogP contribution in [0.15, 0.2) is 0 Å². The van der Waals surface area contributed by atoms with Crippen molar-refractivity contribution in [3.63, 3.8) is 0 Å². The summed E-state index contributed by atoms with van der Waals surface area (Å²) in [6.45, 7) is 8.79. The van der Waals surface area contributed by atoms with Crippen molar-refractivity contribution in [2.75, 3.05) is 7.05 Å². The van der Waals surface area contributed by atoms with Gasteiger partial charge in [0.25, 0.3) is 0 Å². The summed E-state index contributed by atoms with van der Waals surface area (Å²) in [5.74, 6) is 0. The fourth-order valence-electron chi connectivity index (χ4n) is 2.26. The maximum absolute atomic E-state index is 6.24. The Hall–Kier alpha value is -0.540. The van der Waals surface area contributed by atoms with E-state index in [0.717, 1.165) is 23.7 Å². The zero-order chi connectivity index (χ0) is 13.2. The minimum atomic E-state index is 0.261. The first kappa shape index (κ1) is 14.5. The average molecular weight is 258 g/mol. The number of hydrogen-bond acceptors (Lipinski definition) is 2. The van der Waals surface area contributed by atoms with Crippen molar-refractivity contribution in [3.05, 3.63) is 16.4 Å². The number of aromatic nitrogens is 2. The topological polar surface area (TPSA) is 29.9 Å². The summed E-state index contributed by atoms with van der Waals surface area (Å²) in [6.07, 6.45) is 2.05. The molecule has 0 saturated carbocycles. The Labute approximate surface area is 110 Å². The van der Waals surface area contributed by atoms with Crippen LogP contribution in [0, 0.1) is 12.3 Å². The summed E-state index contributed by atoms with van der Waals surface area (Å²) in [4.78, 5) is 0. The molecule has 1 rings (SSSR count). The highest BCUT2D eigenvalue weighted by Crippen LogP contribution is 2.26. The lowest BCUT2D eigenvalue weighted by molar-refractivity contribution is 0.268. The van der Waals surface area contributed by atoms with Gasteiger partial charge in [-0.05, 0) is 32.2 Å². The second kappa shape index (κ2) is 5.40. The van der Waals surface area contributed by atoms with Crippen LogP contribution in [0.2, 0.25) is 5.15 Å². The molecule has 1 aromatic rings. The van der Waals surface area contributed by atoms with Gasteiger partial charge in [-0.1, -0.05) is 32.4 Å². The van der Waals surface area contributed by atoms with Crippen LogP contribution in [0.5, 0.6) is 0 Å². The zero-order valence-electron chi connectivity index (χ0n) is 11.8. The molecule has 1 unspecified atom stereocenters. The molecule has 0 fully saturated rings. The maximum atomic E-state index is 6.24. The normalized spacial score (nSPS) is 14.1. The molecule has 1 aromatic heterocycles. The van der Waals surface area contributed by atoms with Gasteiger partial charge in [-0.3, -0.25) is 4.68 Å². The molecule has 1 heterocycles. The molecule has 98 valence electrons. The number of halogens is 1. The lowest BCUT2D eigenvalue weighted by Gasteiger charge is -2.30. The van der Waals surface area contributed by atoms with E-state index >= 15 is 0 Å². The van der Waals surface area contributed by atoms with Crippen molar-refractivity contribution < 1.29 is 0 Å². The van der Waals surface area contributed by atoms with Crippen LogP contribution in [0.1, 0.15) is 38.4 Å². The van der Waals surface area contributed by atoms with Gasteiger partial charge in [0.05, 0.1) is 5.69 Å². The third kappa shape index (κ3) is 3.46. The van der Waals surface area contributed by atoms with Crippen LogP contribution in [-0.2, 0) is 13.5 Å². The molecular weight excluding hydrogens is 234 g/mol. The van der Waals surface area contributed by atoms with Crippen molar-refractivity contribution >= 4 is 11.6 Å². The van der Waals surface area contributed by atoms with E-state index in [4.69, 9.17) is 11.6 Å². The molecule has 0 spiro atoms. The first-order chi connectivity index (χ1) is 7.77. The van der Waals surface area contributed by atoms with Gasteiger partial charge in [-0.15, -0.1) is 0 Å². The van der Waals surface area contributed by atoms with Crippen LogP contribution < -0.4 is 5.32 Å². The number of aryl methyl sites for hydroxylation is 2. The van der Waals surface area contributed by atoms with Crippen LogP contribution in [0.4, 0.5) is 0 Å². The Bertz CT molecular complexity index is 377. The highest BCUT2D eigenvalue weighted by molar-refractivity contribution is 6.30. The van der Waals surface area contributed by atoms with Gasteiger partial charge in [0, 0.05) is 18.7 Å². The van der Waals surface area contributed by atoms with Crippen LogP contribution >= 0.6 is 11.6 Å². The quantitative estimate of drug-likeness (QED) is 0.899. The van der Waals surface area contributed by atoms with E-state index in [-0.39, 0.29) is 5.41 Å². The number of nitrogens with zero attached hydrogens (tertiary/aromatic N) is 2. The minimum absolute atomic E-state index is 0.261. The monoisotopic (exact) mass is 257 g/mol. The summed E-state index contributed by atoms with van der Waals surface area (Å²) in [6, 6.07) is 0.484. The van der Waals surface area contributed by atoms with Gasteiger partial charge in [0.15, 0.2) is 0 Å². The van der Waals surface area contributed by atoms with Crippen LogP contribution in [-0.4, -0.2) is 22.9 Å². The van der Waals surface area contributed by atoms with Crippen molar-refractivity contribution in [3.8, 4) is 0 Å². The molecule has 4 heteroatoms. The summed E-state index contributed by atoms with van der Waals surface area (Å²) in [7, 11) is 3.91. The second-order valence-electron chi connectivity index (χ2n) is 5.72. The summed E-state index contributed by atoms with van der Waals surface area (Å²) < 4.78 is 1.75. The van der Waals surface area contributed by atoms with E-state index in [2.05, 4.69) is 31.2 Å². The Balaban J connectivity index is 2.73. The highest BCUT2D eigenvalue weighted by atomic mass is 35.5. The Kier molecular flexibility index (Phi) is 4.62. The molecule has 1 N–H and O–H groups in total. The molecule has 0 aromatic carbocycles. The van der Waals surface area contributed by atoms with E-state index in [1.54, 1.807) is 4.68 Å². The lowest BCUT2D eigenvalue weighted by Crippen LogP contribution is -2.38. The molecule has 0 aliphatic carbocycles. The molecule has 0 radical (unpaired) electrons. The standard InChI is InChI=1S/C13H24ClN3/c1-9-10(12(14)17(6)16-9)7-8-11(15-5)13(2,3)4/h11,15H,7-8H2,1-6H3.